The van der Waals surface area contributed by atoms with Gasteiger partial charge in [0.25, 0.3) is 11.8 Å². The molecule has 1 aliphatic carbocycles. The summed E-state index contributed by atoms with van der Waals surface area (Å²) in [5, 5.41) is 5.91. The maximum Gasteiger partial charge on any atom is 0.253 e. The Bertz CT molecular complexity index is 2390. The van der Waals surface area contributed by atoms with E-state index in [1.165, 1.54) is 23.3 Å². The number of imide groups is 1. The van der Waals surface area contributed by atoms with Gasteiger partial charge in [0.2, 0.25) is 17.5 Å². The molecule has 2 aromatic carbocycles. The number of allylic oxidation sites excluding steroid dienone is 5. The average molecular weight is 872 g/mol. The van der Waals surface area contributed by atoms with Crippen molar-refractivity contribution in [1.29, 1.82) is 0 Å². The zero-order valence-corrected chi connectivity index (χ0v) is 38.4. The molecule has 4 heterocycles. The van der Waals surface area contributed by atoms with Crippen LogP contribution < -0.4 is 15.5 Å². The van der Waals surface area contributed by atoms with E-state index in [2.05, 4.69) is 77.0 Å². The normalized spacial score (nSPS) is 21.3. The van der Waals surface area contributed by atoms with Crippen LogP contribution in [0.25, 0.3) is 0 Å². The first-order valence-electron chi connectivity index (χ1n) is 22.8. The number of nitrogens with zero attached hydrogens (tertiary/aromatic N) is 4. The molecule has 7 rings (SSSR count). The van der Waals surface area contributed by atoms with Crippen LogP contribution in [0.5, 0.6) is 0 Å². The highest BCUT2D eigenvalue weighted by Crippen LogP contribution is 2.49. The summed E-state index contributed by atoms with van der Waals surface area (Å²) in [6.45, 7) is 12.2. The lowest BCUT2D eigenvalue weighted by molar-refractivity contribution is -0.401. The number of anilines is 1. The van der Waals surface area contributed by atoms with Crippen LogP contribution in [-0.2, 0) is 44.3 Å². The first-order valence-corrected chi connectivity index (χ1v) is 22.8. The second-order valence-corrected chi connectivity index (χ2v) is 18.4. The minimum absolute atomic E-state index is 0.0345. The van der Waals surface area contributed by atoms with Crippen molar-refractivity contribution in [2.75, 3.05) is 51.8 Å². The number of fused-ring (bicyclic) bond motifs is 2. The van der Waals surface area contributed by atoms with Crippen LogP contribution in [0.3, 0.4) is 0 Å². The van der Waals surface area contributed by atoms with Gasteiger partial charge in [-0.2, -0.15) is 4.58 Å². The second-order valence-electron chi connectivity index (χ2n) is 18.4. The van der Waals surface area contributed by atoms with E-state index in [0.717, 1.165) is 39.8 Å². The van der Waals surface area contributed by atoms with Gasteiger partial charge in [-0.25, -0.2) is 0 Å². The van der Waals surface area contributed by atoms with Gasteiger partial charge in [-0.3, -0.25) is 33.7 Å². The monoisotopic (exact) mass is 871 g/mol. The van der Waals surface area contributed by atoms with Crippen LogP contribution in [0.1, 0.15) is 97.1 Å². The predicted octanol–water partition coefficient (Wildman–Crippen LogP) is 5.70. The van der Waals surface area contributed by atoms with Crippen molar-refractivity contribution in [3.63, 3.8) is 0 Å². The third-order valence-electron chi connectivity index (χ3n) is 13.7. The van der Waals surface area contributed by atoms with Crippen LogP contribution >= 0.6 is 0 Å². The largest absolute Gasteiger partial charge is 0.378 e. The summed E-state index contributed by atoms with van der Waals surface area (Å²) in [7, 11) is 4.08. The lowest BCUT2D eigenvalue weighted by Gasteiger charge is -2.37. The minimum Gasteiger partial charge on any atom is -0.378 e. The summed E-state index contributed by atoms with van der Waals surface area (Å²) in [5.74, 6) is -1.11. The summed E-state index contributed by atoms with van der Waals surface area (Å²) in [6, 6.07) is 15.5. The van der Waals surface area contributed by atoms with Crippen molar-refractivity contribution < 1.29 is 38.1 Å². The van der Waals surface area contributed by atoms with Crippen molar-refractivity contribution >= 4 is 52.3 Å². The van der Waals surface area contributed by atoms with Gasteiger partial charge in [-0.05, 0) is 63.7 Å². The Morgan fingerprint density at radius 2 is 1.58 bits per heavy atom. The Balaban J connectivity index is 0.989. The molecule has 13 nitrogen and oxygen atoms in total. The topological polar surface area (TPSA) is 148 Å². The van der Waals surface area contributed by atoms with Gasteiger partial charge < -0.3 is 25.2 Å². The van der Waals surface area contributed by atoms with E-state index in [0.29, 0.717) is 69.2 Å². The number of ketones is 2. The van der Waals surface area contributed by atoms with Gasteiger partial charge in [-0.15, -0.1) is 0 Å². The number of likely N-dealkylation sites (N-methyl/N-ethyl adjacent to an activating group) is 1. The van der Waals surface area contributed by atoms with Crippen LogP contribution in [0.15, 0.2) is 95.4 Å². The van der Waals surface area contributed by atoms with Crippen LogP contribution in [0.2, 0.25) is 0 Å². The van der Waals surface area contributed by atoms with Gasteiger partial charge in [0.15, 0.2) is 17.3 Å². The summed E-state index contributed by atoms with van der Waals surface area (Å²) >= 11 is 0. The first-order chi connectivity index (χ1) is 30.6. The molecule has 1 saturated heterocycles. The van der Waals surface area contributed by atoms with E-state index in [9.17, 15) is 28.8 Å². The number of likely N-dealkylation sites (tertiary alicyclic amines) is 1. The molecule has 5 aliphatic rings. The zero-order valence-electron chi connectivity index (χ0n) is 38.4. The number of para-hydroxylation sites is 2. The molecule has 13 heteroatoms. The molecule has 0 bridgehead atoms. The van der Waals surface area contributed by atoms with Gasteiger partial charge in [0, 0.05) is 85.2 Å². The number of carbonyl (C=O) groups excluding carboxylic acids is 6. The molecule has 2 N–H and O–H groups in total. The number of hydrogen-bond donors (Lipinski definition) is 2. The highest BCUT2D eigenvalue weighted by atomic mass is 16.5. The molecule has 0 radical (unpaired) electrons. The lowest BCUT2D eigenvalue weighted by Crippen LogP contribution is -2.50. The molecular formula is C51H63N6O7+. The van der Waals surface area contributed by atoms with Crippen LogP contribution in [-0.4, -0.2) is 114 Å². The van der Waals surface area contributed by atoms with Gasteiger partial charge in [0.05, 0.1) is 42.5 Å². The summed E-state index contributed by atoms with van der Waals surface area (Å²) in [4.78, 5) is 83.3. The molecule has 0 spiro atoms. The number of hydrogen-bond acceptors (Lipinski definition) is 9. The summed E-state index contributed by atoms with van der Waals surface area (Å²) < 4.78 is 7.62. The van der Waals surface area contributed by atoms with Crippen molar-refractivity contribution in [3.8, 4) is 0 Å². The highest BCUT2D eigenvalue weighted by molar-refractivity contribution is 6.25. The summed E-state index contributed by atoms with van der Waals surface area (Å²) in [5.41, 5.74) is 7.88. The number of amides is 4. The SMILES string of the molecule is CC[C@H](NC(=O)[C@H]1CCCN1C1=C(C=C2N(C)c3ccccc3C2(C)C)C(=O)C1=CC1=[N+](C)c2ccccc2C1(C)C)C(=O)CCCCCC(=O)NCCOCCN1C(=O)C=CC1=O. The molecule has 2 atom stereocenters. The Labute approximate surface area is 377 Å². The third-order valence-corrected chi connectivity index (χ3v) is 13.7. The highest BCUT2D eigenvalue weighted by Gasteiger charge is 2.48. The van der Waals surface area contributed by atoms with Crippen molar-refractivity contribution in [2.24, 2.45) is 0 Å². The Hall–Kier alpha value is -5.95. The van der Waals surface area contributed by atoms with Crippen LogP contribution in [0.4, 0.5) is 11.4 Å². The number of carbonyl (C=O) groups is 6. The average Bonchev–Trinajstić information content (AvgIpc) is 3.98. The van der Waals surface area contributed by atoms with E-state index >= 15 is 0 Å². The van der Waals surface area contributed by atoms with E-state index in [1.54, 1.807) is 0 Å². The zero-order chi connectivity index (χ0) is 45.9. The molecule has 1 fully saturated rings. The Morgan fingerprint density at radius 1 is 0.891 bits per heavy atom. The standard InChI is InChI=1S/C51H62N6O7/c1-8-37(41(58)22-10-9-11-23-44(59)52-26-29-64-30-28-57-45(60)24-25-46(57)61)53-49(63)40-21-16-27-56(40)47-33(31-42-50(2,3)35-17-12-14-19-38(35)54(42)6)48(62)34(47)32-43-51(4,5)36-18-13-15-20-39(36)55(43)7/h12-15,17-20,24-25,31-32,37,40H,8-11,16,21-23,26-30H2,1-7H3,(H-,52,53,59,63)/p+1/t37-,40+/m0/s1. The molecule has 0 unspecified atom stereocenters. The molecule has 338 valence electrons. The minimum atomic E-state index is -0.640. The number of Topliss-reactive ketones (excluding diaryl/α,β-unsaturated/α-hetero) is 2. The molecule has 64 heavy (non-hydrogen) atoms. The number of benzene rings is 2. The van der Waals surface area contributed by atoms with Crippen LogP contribution in [0, 0.1) is 0 Å². The number of nitrogens with one attached hydrogen (secondary N) is 2. The fourth-order valence-corrected chi connectivity index (χ4v) is 9.99. The molecule has 0 saturated carbocycles. The lowest BCUT2D eigenvalue weighted by atomic mass is 9.76. The maximum absolute atomic E-state index is 14.6. The number of ether oxygens (including phenoxy) is 1. The third kappa shape index (κ3) is 8.91. The van der Waals surface area contributed by atoms with Crippen molar-refractivity contribution in [2.45, 2.75) is 109 Å². The fraction of sp³-hybridized carbons (Fsp3) is 0.471. The van der Waals surface area contributed by atoms with E-state index in [4.69, 9.17) is 4.74 Å². The predicted molar refractivity (Wildman–Crippen MR) is 246 cm³/mol. The molecule has 0 aromatic heterocycles. The molecule has 2 aromatic rings. The van der Waals surface area contributed by atoms with Gasteiger partial charge in [-0.1, -0.05) is 63.6 Å². The first kappa shape index (κ1) is 46.1. The van der Waals surface area contributed by atoms with Gasteiger partial charge in [0.1, 0.15) is 13.1 Å². The van der Waals surface area contributed by atoms with E-state index < -0.39 is 12.1 Å². The summed E-state index contributed by atoms with van der Waals surface area (Å²) in [6.07, 6.45) is 10.9. The maximum atomic E-state index is 14.6. The Morgan fingerprint density at radius 3 is 2.28 bits per heavy atom. The number of unbranched alkanes of at least 4 members (excludes halogenated alkanes) is 2. The number of rotatable bonds is 19. The smallest absolute Gasteiger partial charge is 0.253 e. The van der Waals surface area contributed by atoms with Gasteiger partial charge >= 0.3 is 0 Å². The Kier molecular flexibility index (Phi) is 13.7. The van der Waals surface area contributed by atoms with E-state index in [1.807, 2.05) is 57.4 Å². The molecule has 4 amide bonds. The van der Waals surface area contributed by atoms with Crippen molar-refractivity contribution in [3.05, 3.63) is 107 Å². The quantitative estimate of drug-likeness (QED) is 0.0785. The second kappa shape index (κ2) is 19.0. The van der Waals surface area contributed by atoms with Crippen molar-refractivity contribution in [1.82, 2.24) is 20.4 Å². The fourth-order valence-electron chi connectivity index (χ4n) is 9.99. The molecular weight excluding hydrogens is 809 g/mol. The molecule has 4 aliphatic heterocycles. The van der Waals surface area contributed by atoms with E-state index in [-0.39, 0.29) is 65.8 Å².